The zero-order valence-electron chi connectivity index (χ0n) is 10.4. The Bertz CT molecular complexity index is 770. The lowest BCUT2D eigenvalue weighted by molar-refractivity contribution is 0.0992. The first kappa shape index (κ1) is 14.5. The molecular formula is C11H11BrN4O3S. The molecule has 9 heteroatoms. The maximum Gasteiger partial charge on any atom is 0.265 e. The zero-order valence-corrected chi connectivity index (χ0v) is 12.8. The summed E-state index contributed by atoms with van der Waals surface area (Å²) in [6.07, 6.45) is 1.31. The molecule has 2 aromatic heterocycles. The van der Waals surface area contributed by atoms with E-state index in [4.69, 9.17) is 5.73 Å². The molecule has 0 saturated carbocycles. The highest BCUT2D eigenvalue weighted by Gasteiger charge is 2.20. The Morgan fingerprint density at radius 2 is 2.15 bits per heavy atom. The summed E-state index contributed by atoms with van der Waals surface area (Å²) in [6.45, 7) is 0. The van der Waals surface area contributed by atoms with Crippen molar-refractivity contribution in [1.82, 2.24) is 9.55 Å². The van der Waals surface area contributed by atoms with Crippen LogP contribution in [0.3, 0.4) is 0 Å². The molecule has 106 valence electrons. The van der Waals surface area contributed by atoms with E-state index in [9.17, 15) is 13.2 Å². The Hall–Kier alpha value is -1.87. The van der Waals surface area contributed by atoms with Gasteiger partial charge in [0.05, 0.1) is 0 Å². The standard InChI is InChI=1S/C11H11BrN4O3S/c1-16-6-7(5-8(16)11(13)17)20(18,19)15-10-4-2-3-9(12)14-10/h2-6H,1H3,(H2,13,17)(H,14,15). The van der Waals surface area contributed by atoms with Gasteiger partial charge in [-0.2, -0.15) is 0 Å². The normalized spacial score (nSPS) is 11.3. The first-order valence-electron chi connectivity index (χ1n) is 5.41. The molecule has 0 aliphatic rings. The van der Waals surface area contributed by atoms with Crippen molar-refractivity contribution in [2.75, 3.05) is 4.72 Å². The van der Waals surface area contributed by atoms with E-state index in [-0.39, 0.29) is 16.4 Å². The molecule has 0 saturated heterocycles. The van der Waals surface area contributed by atoms with E-state index in [2.05, 4.69) is 25.6 Å². The number of carbonyl (C=O) groups is 1. The molecule has 3 N–H and O–H groups in total. The van der Waals surface area contributed by atoms with E-state index < -0.39 is 15.9 Å². The highest BCUT2D eigenvalue weighted by atomic mass is 79.9. The Labute approximate surface area is 124 Å². The summed E-state index contributed by atoms with van der Waals surface area (Å²) in [5.41, 5.74) is 5.25. The molecule has 0 bridgehead atoms. The van der Waals surface area contributed by atoms with Crippen molar-refractivity contribution in [2.45, 2.75) is 4.90 Å². The third-order valence-electron chi connectivity index (χ3n) is 2.50. The van der Waals surface area contributed by atoms with Gasteiger partial charge < -0.3 is 10.3 Å². The molecule has 2 aromatic rings. The first-order chi connectivity index (χ1) is 9.29. The number of nitrogens with two attached hydrogens (primary N) is 1. The number of hydrogen-bond donors (Lipinski definition) is 2. The van der Waals surface area contributed by atoms with Crippen molar-refractivity contribution >= 4 is 37.7 Å². The van der Waals surface area contributed by atoms with Crippen LogP contribution in [-0.4, -0.2) is 23.9 Å². The highest BCUT2D eigenvalue weighted by Crippen LogP contribution is 2.18. The fraction of sp³-hybridized carbons (Fsp3) is 0.0909. The van der Waals surface area contributed by atoms with Crippen LogP contribution in [0.25, 0.3) is 0 Å². The molecule has 2 rings (SSSR count). The van der Waals surface area contributed by atoms with Crippen LogP contribution in [0.4, 0.5) is 5.82 Å². The topological polar surface area (TPSA) is 107 Å². The number of pyridine rings is 1. The number of hydrogen-bond acceptors (Lipinski definition) is 4. The smallest absolute Gasteiger partial charge is 0.265 e. The van der Waals surface area contributed by atoms with E-state index in [1.54, 1.807) is 12.1 Å². The molecule has 7 nitrogen and oxygen atoms in total. The van der Waals surface area contributed by atoms with Crippen molar-refractivity contribution in [3.8, 4) is 0 Å². The Balaban J connectivity index is 2.36. The van der Waals surface area contributed by atoms with Gasteiger partial charge in [0.15, 0.2) is 0 Å². The van der Waals surface area contributed by atoms with E-state index in [1.807, 2.05) is 0 Å². The average Bonchev–Trinajstić information content (AvgIpc) is 2.71. The minimum Gasteiger partial charge on any atom is -0.364 e. The number of amides is 1. The van der Waals surface area contributed by atoms with E-state index in [0.717, 1.165) is 0 Å². The number of aryl methyl sites for hydroxylation is 1. The Kier molecular flexibility index (Phi) is 3.82. The maximum atomic E-state index is 12.2. The zero-order chi connectivity index (χ0) is 14.9. The van der Waals surface area contributed by atoms with E-state index >= 15 is 0 Å². The predicted molar refractivity (Wildman–Crippen MR) is 76.7 cm³/mol. The van der Waals surface area contributed by atoms with Crippen LogP contribution in [0, 0.1) is 0 Å². The van der Waals surface area contributed by atoms with Crippen molar-refractivity contribution in [1.29, 1.82) is 0 Å². The van der Waals surface area contributed by atoms with Crippen LogP contribution in [0.15, 0.2) is 40.0 Å². The average molecular weight is 359 g/mol. The minimum absolute atomic E-state index is 0.0597. The lowest BCUT2D eigenvalue weighted by Gasteiger charge is -2.05. The molecule has 2 heterocycles. The molecule has 0 unspecified atom stereocenters. The van der Waals surface area contributed by atoms with Crippen LogP contribution in [0.2, 0.25) is 0 Å². The van der Waals surface area contributed by atoms with Crippen molar-refractivity contribution in [3.63, 3.8) is 0 Å². The summed E-state index contributed by atoms with van der Waals surface area (Å²) in [5, 5.41) is 0. The summed E-state index contributed by atoms with van der Waals surface area (Å²) in [6, 6.07) is 6.04. The van der Waals surface area contributed by atoms with Gasteiger partial charge in [0.25, 0.3) is 15.9 Å². The molecule has 0 atom stereocenters. The number of rotatable bonds is 4. The fourth-order valence-corrected chi connectivity index (χ4v) is 3.00. The molecule has 20 heavy (non-hydrogen) atoms. The molecule has 0 aliphatic heterocycles. The van der Waals surface area contributed by atoms with Gasteiger partial charge in [0, 0.05) is 13.2 Å². The summed E-state index contributed by atoms with van der Waals surface area (Å²) in [7, 11) is -2.29. The molecule has 0 spiro atoms. The largest absolute Gasteiger partial charge is 0.364 e. The van der Waals surface area contributed by atoms with Gasteiger partial charge in [-0.05, 0) is 34.1 Å². The summed E-state index contributed by atoms with van der Waals surface area (Å²) in [4.78, 5) is 15.0. The second-order valence-electron chi connectivity index (χ2n) is 3.99. The van der Waals surface area contributed by atoms with Crippen LogP contribution in [0.5, 0.6) is 0 Å². The van der Waals surface area contributed by atoms with Crippen molar-refractivity contribution in [3.05, 3.63) is 40.8 Å². The van der Waals surface area contributed by atoms with Crippen LogP contribution in [0.1, 0.15) is 10.5 Å². The third-order valence-corrected chi connectivity index (χ3v) is 4.26. The number of nitrogens with one attached hydrogen (secondary N) is 1. The van der Waals surface area contributed by atoms with Gasteiger partial charge in [-0.3, -0.25) is 9.52 Å². The second-order valence-corrected chi connectivity index (χ2v) is 6.48. The fourth-order valence-electron chi connectivity index (χ4n) is 1.59. The van der Waals surface area contributed by atoms with Gasteiger partial charge in [-0.25, -0.2) is 13.4 Å². The van der Waals surface area contributed by atoms with Crippen LogP contribution >= 0.6 is 15.9 Å². The van der Waals surface area contributed by atoms with Gasteiger partial charge in [-0.1, -0.05) is 6.07 Å². The highest BCUT2D eigenvalue weighted by molar-refractivity contribution is 9.10. The summed E-state index contributed by atoms with van der Waals surface area (Å²) >= 11 is 3.15. The number of primary amides is 1. The number of nitrogens with zero attached hydrogens (tertiary/aromatic N) is 2. The quantitative estimate of drug-likeness (QED) is 0.797. The van der Waals surface area contributed by atoms with Crippen LogP contribution < -0.4 is 10.5 Å². The van der Waals surface area contributed by atoms with Gasteiger partial charge in [0.2, 0.25) is 0 Å². The molecule has 0 radical (unpaired) electrons. The first-order valence-corrected chi connectivity index (χ1v) is 7.69. The lowest BCUT2D eigenvalue weighted by Crippen LogP contribution is -2.14. The Morgan fingerprint density at radius 3 is 2.70 bits per heavy atom. The molecule has 1 amide bonds. The maximum absolute atomic E-state index is 12.2. The predicted octanol–water partition coefficient (Wildman–Crippen LogP) is 1.08. The summed E-state index contributed by atoms with van der Waals surface area (Å²) < 4.78 is 28.5. The lowest BCUT2D eigenvalue weighted by atomic mass is 10.4. The summed E-state index contributed by atoms with van der Waals surface area (Å²) in [5.74, 6) is -0.529. The number of carbonyl (C=O) groups excluding carboxylic acids is 1. The van der Waals surface area contributed by atoms with Gasteiger partial charge in [-0.15, -0.1) is 0 Å². The number of anilines is 1. The Morgan fingerprint density at radius 1 is 1.45 bits per heavy atom. The molecular weight excluding hydrogens is 348 g/mol. The molecule has 0 aliphatic carbocycles. The molecule has 0 fully saturated rings. The van der Waals surface area contributed by atoms with Crippen molar-refractivity contribution < 1.29 is 13.2 Å². The molecule has 0 aromatic carbocycles. The van der Waals surface area contributed by atoms with E-state index in [0.29, 0.717) is 4.60 Å². The minimum atomic E-state index is -3.83. The third kappa shape index (κ3) is 2.99. The monoisotopic (exact) mass is 358 g/mol. The van der Waals surface area contributed by atoms with E-state index in [1.165, 1.54) is 29.9 Å². The second kappa shape index (κ2) is 5.25. The SMILES string of the molecule is Cn1cc(S(=O)(=O)Nc2cccc(Br)n2)cc1C(N)=O. The number of aromatic nitrogens is 2. The van der Waals surface area contributed by atoms with Gasteiger partial charge in [0.1, 0.15) is 21.0 Å². The van der Waals surface area contributed by atoms with Crippen LogP contribution in [-0.2, 0) is 17.1 Å². The van der Waals surface area contributed by atoms with Crippen molar-refractivity contribution in [2.24, 2.45) is 12.8 Å². The number of halogens is 1. The number of sulfonamides is 1. The van der Waals surface area contributed by atoms with Gasteiger partial charge >= 0.3 is 0 Å².